The average Bonchev–Trinajstić information content (AvgIpc) is 3.08. The minimum absolute atomic E-state index is 0.814. The predicted octanol–water partition coefficient (Wildman–Crippen LogP) is 3.25. The number of aryl methyl sites for hydroxylation is 2. The number of nitrogens with zero attached hydrogens (tertiary/aromatic N) is 3. The molecule has 3 rings (SSSR count). The smallest absolute Gasteiger partial charge is 0.113 e. The molecule has 1 aromatic carbocycles. The van der Waals surface area contributed by atoms with Crippen LogP contribution in [0, 0.1) is 0 Å². The molecule has 0 aliphatic heterocycles. The van der Waals surface area contributed by atoms with E-state index < -0.39 is 0 Å². The molecule has 4 heteroatoms. The van der Waals surface area contributed by atoms with Crippen molar-refractivity contribution in [2.75, 3.05) is 0 Å². The summed E-state index contributed by atoms with van der Waals surface area (Å²) in [6.45, 7) is 0.814. The molecule has 3 aromatic rings. The third-order valence-electron chi connectivity index (χ3n) is 2.80. The van der Waals surface area contributed by atoms with E-state index in [9.17, 15) is 0 Å². The molecule has 0 aliphatic carbocycles. The Kier molecular flexibility index (Phi) is 3.19. The quantitative estimate of drug-likeness (QED) is 0.716. The van der Waals surface area contributed by atoms with E-state index in [0.717, 1.165) is 24.2 Å². The van der Waals surface area contributed by atoms with Gasteiger partial charge in [0, 0.05) is 10.9 Å². The summed E-state index contributed by atoms with van der Waals surface area (Å²) in [6.07, 6.45) is 2.78. The fourth-order valence-corrected chi connectivity index (χ4v) is 2.47. The second kappa shape index (κ2) is 5.14. The van der Waals surface area contributed by atoms with E-state index in [2.05, 4.69) is 51.3 Å². The molecule has 90 valence electrons. The van der Waals surface area contributed by atoms with Crippen LogP contribution in [0.25, 0.3) is 11.3 Å². The SMILES string of the molecule is c1ccc(CCn2ncc(-c3ccsc3)n2)cc1. The van der Waals surface area contributed by atoms with Gasteiger partial charge in [-0.25, -0.2) is 0 Å². The zero-order valence-corrected chi connectivity index (χ0v) is 10.7. The molecule has 0 spiro atoms. The maximum absolute atomic E-state index is 4.48. The maximum atomic E-state index is 4.48. The van der Waals surface area contributed by atoms with Crippen LogP contribution < -0.4 is 0 Å². The normalized spacial score (nSPS) is 10.7. The van der Waals surface area contributed by atoms with Crippen molar-refractivity contribution < 1.29 is 0 Å². The zero-order valence-electron chi connectivity index (χ0n) is 9.86. The van der Waals surface area contributed by atoms with Gasteiger partial charge in [-0.2, -0.15) is 26.3 Å². The summed E-state index contributed by atoms with van der Waals surface area (Å²) in [5, 5.41) is 12.9. The van der Waals surface area contributed by atoms with Gasteiger partial charge in [-0.15, -0.1) is 0 Å². The van der Waals surface area contributed by atoms with E-state index in [-0.39, 0.29) is 0 Å². The molecule has 0 amide bonds. The Hall–Kier alpha value is -1.94. The van der Waals surface area contributed by atoms with E-state index in [0.29, 0.717) is 0 Å². The van der Waals surface area contributed by atoms with Gasteiger partial charge in [-0.05, 0) is 23.4 Å². The Morgan fingerprint density at radius 3 is 2.78 bits per heavy atom. The first-order valence-electron chi connectivity index (χ1n) is 5.88. The number of aromatic nitrogens is 3. The molecule has 0 atom stereocenters. The van der Waals surface area contributed by atoms with E-state index in [1.165, 1.54) is 5.56 Å². The molecule has 2 aromatic heterocycles. The van der Waals surface area contributed by atoms with Crippen LogP contribution in [0.2, 0.25) is 0 Å². The van der Waals surface area contributed by atoms with E-state index in [4.69, 9.17) is 0 Å². The molecule has 0 bridgehead atoms. The predicted molar refractivity (Wildman–Crippen MR) is 73.5 cm³/mol. The lowest BCUT2D eigenvalue weighted by Gasteiger charge is -2.00. The summed E-state index contributed by atoms with van der Waals surface area (Å²) in [7, 11) is 0. The fraction of sp³-hybridized carbons (Fsp3) is 0.143. The molecular formula is C14H13N3S. The lowest BCUT2D eigenvalue weighted by Crippen LogP contribution is -2.04. The molecule has 0 fully saturated rings. The van der Waals surface area contributed by atoms with Gasteiger partial charge in [0.2, 0.25) is 0 Å². The van der Waals surface area contributed by atoms with Crippen LogP contribution in [0.15, 0.2) is 53.4 Å². The van der Waals surface area contributed by atoms with Crippen molar-refractivity contribution in [3.05, 3.63) is 58.9 Å². The van der Waals surface area contributed by atoms with E-state index in [1.54, 1.807) is 16.1 Å². The van der Waals surface area contributed by atoms with Crippen LogP contribution >= 0.6 is 11.3 Å². The maximum Gasteiger partial charge on any atom is 0.113 e. The van der Waals surface area contributed by atoms with Crippen molar-refractivity contribution in [3.63, 3.8) is 0 Å². The van der Waals surface area contributed by atoms with Crippen LogP contribution in [-0.2, 0) is 13.0 Å². The standard InChI is InChI=1S/C14H13N3S/c1-2-4-12(5-3-1)6-8-17-15-10-14(16-17)13-7-9-18-11-13/h1-5,7,9-11H,6,8H2. The fourth-order valence-electron chi connectivity index (χ4n) is 1.82. The van der Waals surface area contributed by atoms with Crippen molar-refractivity contribution >= 4 is 11.3 Å². The van der Waals surface area contributed by atoms with Crippen LogP contribution in [-0.4, -0.2) is 15.0 Å². The van der Waals surface area contributed by atoms with Gasteiger partial charge in [0.1, 0.15) is 5.69 Å². The molecule has 0 unspecified atom stereocenters. The number of benzene rings is 1. The highest BCUT2D eigenvalue weighted by Crippen LogP contribution is 2.18. The number of hydrogen-bond acceptors (Lipinski definition) is 3. The molecular weight excluding hydrogens is 242 g/mol. The summed E-state index contributed by atoms with van der Waals surface area (Å²) in [6, 6.07) is 12.5. The topological polar surface area (TPSA) is 30.7 Å². The first-order chi connectivity index (χ1) is 8.92. The molecule has 2 heterocycles. The highest BCUT2D eigenvalue weighted by atomic mass is 32.1. The minimum atomic E-state index is 0.814. The van der Waals surface area contributed by atoms with Crippen molar-refractivity contribution in [3.8, 4) is 11.3 Å². The van der Waals surface area contributed by atoms with Crippen LogP contribution in [0.5, 0.6) is 0 Å². The van der Waals surface area contributed by atoms with Gasteiger partial charge in [0.15, 0.2) is 0 Å². The monoisotopic (exact) mass is 255 g/mol. The van der Waals surface area contributed by atoms with Gasteiger partial charge in [-0.3, -0.25) is 0 Å². The van der Waals surface area contributed by atoms with E-state index >= 15 is 0 Å². The van der Waals surface area contributed by atoms with Crippen LogP contribution in [0.3, 0.4) is 0 Å². The van der Waals surface area contributed by atoms with Crippen LogP contribution in [0.1, 0.15) is 5.56 Å². The summed E-state index contributed by atoms with van der Waals surface area (Å²) in [5.41, 5.74) is 3.40. The first-order valence-corrected chi connectivity index (χ1v) is 6.83. The third kappa shape index (κ3) is 2.49. The Balaban J connectivity index is 1.68. The molecule has 3 nitrogen and oxygen atoms in total. The Bertz CT molecular complexity index is 599. The van der Waals surface area contributed by atoms with Crippen molar-refractivity contribution in [2.45, 2.75) is 13.0 Å². The average molecular weight is 255 g/mol. The second-order valence-electron chi connectivity index (χ2n) is 4.07. The minimum Gasteiger partial charge on any atom is -0.184 e. The summed E-state index contributed by atoms with van der Waals surface area (Å²) in [5.74, 6) is 0. The molecule has 0 radical (unpaired) electrons. The van der Waals surface area contributed by atoms with Gasteiger partial charge in [0.25, 0.3) is 0 Å². The lowest BCUT2D eigenvalue weighted by molar-refractivity contribution is 0.538. The summed E-state index contributed by atoms with van der Waals surface area (Å²) in [4.78, 5) is 1.76. The highest BCUT2D eigenvalue weighted by Gasteiger charge is 2.03. The summed E-state index contributed by atoms with van der Waals surface area (Å²) >= 11 is 1.68. The van der Waals surface area contributed by atoms with Gasteiger partial charge >= 0.3 is 0 Å². The third-order valence-corrected chi connectivity index (χ3v) is 3.48. The molecule has 0 aliphatic rings. The van der Waals surface area contributed by atoms with Crippen LogP contribution in [0.4, 0.5) is 0 Å². The Labute approximate surface area is 110 Å². The van der Waals surface area contributed by atoms with Gasteiger partial charge < -0.3 is 0 Å². The Morgan fingerprint density at radius 1 is 1.11 bits per heavy atom. The van der Waals surface area contributed by atoms with E-state index in [1.807, 2.05) is 12.3 Å². The summed E-state index contributed by atoms with van der Waals surface area (Å²) < 4.78 is 0. The Morgan fingerprint density at radius 2 is 2.00 bits per heavy atom. The number of hydrogen-bond donors (Lipinski definition) is 0. The number of thiophene rings is 1. The van der Waals surface area contributed by atoms with Gasteiger partial charge in [-0.1, -0.05) is 30.3 Å². The largest absolute Gasteiger partial charge is 0.184 e. The van der Waals surface area contributed by atoms with Crippen molar-refractivity contribution in [1.82, 2.24) is 15.0 Å². The van der Waals surface area contributed by atoms with Crippen molar-refractivity contribution in [2.24, 2.45) is 0 Å². The number of rotatable bonds is 4. The lowest BCUT2D eigenvalue weighted by atomic mass is 10.2. The molecule has 0 N–H and O–H groups in total. The highest BCUT2D eigenvalue weighted by molar-refractivity contribution is 7.08. The molecule has 0 saturated heterocycles. The first kappa shape index (κ1) is 11.2. The second-order valence-corrected chi connectivity index (χ2v) is 4.85. The molecule has 0 saturated carbocycles. The molecule has 18 heavy (non-hydrogen) atoms. The zero-order chi connectivity index (χ0) is 12.2. The van der Waals surface area contributed by atoms with Gasteiger partial charge in [0.05, 0.1) is 12.7 Å². The van der Waals surface area contributed by atoms with Crippen molar-refractivity contribution in [1.29, 1.82) is 0 Å².